The Morgan fingerprint density at radius 2 is 1.97 bits per heavy atom. The second-order valence-corrected chi connectivity index (χ2v) is 7.49. The SMILES string of the molecule is CCn1c(SCC(=O)NC[C@@H]2COc3ccccc3O2)nc2ccccc2c1=O. The number of hydrogen-bond acceptors (Lipinski definition) is 6. The van der Waals surface area contributed by atoms with Crippen LogP contribution in [0.4, 0.5) is 0 Å². The number of fused-ring (bicyclic) bond motifs is 2. The molecule has 4 rings (SSSR count). The van der Waals surface area contributed by atoms with E-state index in [1.165, 1.54) is 11.8 Å². The van der Waals surface area contributed by atoms with Crippen LogP contribution in [-0.2, 0) is 11.3 Å². The van der Waals surface area contributed by atoms with Crippen LogP contribution < -0.4 is 20.3 Å². The Hall–Kier alpha value is -3.00. The fourth-order valence-corrected chi connectivity index (χ4v) is 4.00. The summed E-state index contributed by atoms with van der Waals surface area (Å²) in [4.78, 5) is 29.5. The first-order valence-electron chi connectivity index (χ1n) is 9.43. The highest BCUT2D eigenvalue weighted by atomic mass is 32.2. The van der Waals surface area contributed by atoms with E-state index in [2.05, 4.69) is 10.3 Å². The summed E-state index contributed by atoms with van der Waals surface area (Å²) >= 11 is 1.25. The number of carbonyl (C=O) groups excluding carboxylic acids is 1. The molecule has 0 unspecified atom stereocenters. The number of benzene rings is 2. The average Bonchev–Trinajstić information content (AvgIpc) is 2.76. The molecule has 0 radical (unpaired) electrons. The summed E-state index contributed by atoms with van der Waals surface area (Å²) in [5.41, 5.74) is 0.545. The third-order valence-electron chi connectivity index (χ3n) is 4.57. The number of ether oxygens (including phenoxy) is 2. The number of thioether (sulfide) groups is 1. The molecular formula is C21H21N3O4S. The van der Waals surface area contributed by atoms with Crippen LogP contribution >= 0.6 is 11.8 Å². The molecule has 150 valence electrons. The van der Waals surface area contributed by atoms with E-state index in [4.69, 9.17) is 9.47 Å². The molecule has 2 aromatic carbocycles. The van der Waals surface area contributed by atoms with Gasteiger partial charge in [0, 0.05) is 6.54 Å². The fourth-order valence-electron chi connectivity index (χ4n) is 3.11. The number of rotatable bonds is 6. The highest BCUT2D eigenvalue weighted by Crippen LogP contribution is 2.30. The van der Waals surface area contributed by atoms with Gasteiger partial charge in [0.25, 0.3) is 5.56 Å². The van der Waals surface area contributed by atoms with Crippen molar-refractivity contribution in [2.45, 2.75) is 24.7 Å². The van der Waals surface area contributed by atoms with Gasteiger partial charge in [0.1, 0.15) is 12.7 Å². The molecule has 1 aliphatic heterocycles. The van der Waals surface area contributed by atoms with Gasteiger partial charge < -0.3 is 14.8 Å². The number of carbonyl (C=O) groups is 1. The predicted molar refractivity (Wildman–Crippen MR) is 112 cm³/mol. The van der Waals surface area contributed by atoms with Crippen molar-refractivity contribution < 1.29 is 14.3 Å². The Kier molecular flexibility index (Phi) is 5.71. The molecule has 0 spiro atoms. The zero-order chi connectivity index (χ0) is 20.2. The van der Waals surface area contributed by atoms with Crippen LogP contribution in [0.25, 0.3) is 10.9 Å². The van der Waals surface area contributed by atoms with Gasteiger partial charge in [-0.3, -0.25) is 14.2 Å². The minimum atomic E-state index is -0.244. The summed E-state index contributed by atoms with van der Waals surface area (Å²) in [5, 5.41) is 3.98. The standard InChI is InChI=1S/C21H21N3O4S/c1-2-24-20(26)15-7-3-4-8-16(15)23-21(24)29-13-19(25)22-11-14-12-27-17-9-5-6-10-18(17)28-14/h3-10,14H,2,11-13H2,1H3,(H,22,25)/t14-/m1/s1. The second kappa shape index (κ2) is 8.57. The molecule has 0 bridgehead atoms. The Morgan fingerprint density at radius 3 is 2.79 bits per heavy atom. The lowest BCUT2D eigenvalue weighted by Crippen LogP contribution is -2.41. The third kappa shape index (κ3) is 4.22. The summed E-state index contributed by atoms with van der Waals surface area (Å²) in [6, 6.07) is 14.7. The Labute approximate surface area is 172 Å². The predicted octanol–water partition coefficient (Wildman–Crippen LogP) is 2.46. The zero-order valence-electron chi connectivity index (χ0n) is 16.0. The lowest BCUT2D eigenvalue weighted by Gasteiger charge is -2.26. The van der Waals surface area contributed by atoms with E-state index in [1.807, 2.05) is 43.3 Å². The van der Waals surface area contributed by atoms with Gasteiger partial charge >= 0.3 is 0 Å². The monoisotopic (exact) mass is 411 g/mol. The van der Waals surface area contributed by atoms with E-state index in [0.717, 1.165) is 0 Å². The Morgan fingerprint density at radius 1 is 1.21 bits per heavy atom. The summed E-state index contributed by atoms with van der Waals surface area (Å²) in [7, 11) is 0. The molecule has 0 saturated carbocycles. The smallest absolute Gasteiger partial charge is 0.262 e. The maximum atomic E-state index is 12.6. The molecule has 0 fully saturated rings. The first-order chi connectivity index (χ1) is 14.2. The van der Waals surface area contributed by atoms with Crippen molar-refractivity contribution in [3.8, 4) is 11.5 Å². The number of nitrogens with zero attached hydrogens (tertiary/aromatic N) is 2. The maximum absolute atomic E-state index is 12.6. The van der Waals surface area contributed by atoms with Gasteiger partial charge in [-0.05, 0) is 31.2 Å². The normalized spacial score (nSPS) is 15.3. The molecule has 1 amide bonds. The molecule has 2 heterocycles. The number of aromatic nitrogens is 2. The largest absolute Gasteiger partial charge is 0.486 e. The fraction of sp³-hybridized carbons (Fsp3) is 0.286. The number of nitrogens with one attached hydrogen (secondary N) is 1. The molecule has 1 N–H and O–H groups in total. The van der Waals surface area contributed by atoms with Crippen molar-refractivity contribution in [2.24, 2.45) is 0 Å². The summed E-state index contributed by atoms with van der Waals surface area (Å²) in [6.07, 6.45) is -0.244. The first kappa shape index (κ1) is 19.3. The van der Waals surface area contributed by atoms with Gasteiger partial charge in [-0.1, -0.05) is 36.0 Å². The maximum Gasteiger partial charge on any atom is 0.262 e. The molecule has 0 aliphatic carbocycles. The van der Waals surface area contributed by atoms with Crippen LogP contribution in [-0.4, -0.2) is 40.5 Å². The molecule has 7 nitrogen and oxygen atoms in total. The van der Waals surface area contributed by atoms with Crippen LogP contribution in [0, 0.1) is 0 Å². The first-order valence-corrected chi connectivity index (χ1v) is 10.4. The summed E-state index contributed by atoms with van der Waals surface area (Å²) in [5.74, 6) is 1.40. The van der Waals surface area contributed by atoms with Crippen molar-refractivity contribution in [1.29, 1.82) is 0 Å². The molecule has 1 aliphatic rings. The van der Waals surface area contributed by atoms with E-state index < -0.39 is 0 Å². The third-order valence-corrected chi connectivity index (χ3v) is 5.55. The van der Waals surface area contributed by atoms with Crippen LogP contribution in [0.3, 0.4) is 0 Å². The van der Waals surface area contributed by atoms with E-state index >= 15 is 0 Å². The van der Waals surface area contributed by atoms with Crippen LogP contribution in [0.1, 0.15) is 6.92 Å². The molecule has 29 heavy (non-hydrogen) atoms. The van der Waals surface area contributed by atoms with E-state index in [1.54, 1.807) is 16.7 Å². The van der Waals surface area contributed by atoms with Crippen molar-refractivity contribution in [3.05, 3.63) is 58.9 Å². The quantitative estimate of drug-likeness (QED) is 0.496. The van der Waals surface area contributed by atoms with E-state index in [0.29, 0.717) is 47.3 Å². The van der Waals surface area contributed by atoms with Crippen LogP contribution in [0.5, 0.6) is 11.5 Å². The van der Waals surface area contributed by atoms with Crippen molar-refractivity contribution in [1.82, 2.24) is 14.9 Å². The highest BCUT2D eigenvalue weighted by Gasteiger charge is 2.21. The molecular weight excluding hydrogens is 390 g/mol. The van der Waals surface area contributed by atoms with Gasteiger partial charge in [0.15, 0.2) is 16.7 Å². The molecule has 1 aromatic heterocycles. The lowest BCUT2D eigenvalue weighted by molar-refractivity contribution is -0.119. The lowest BCUT2D eigenvalue weighted by atomic mass is 10.2. The number of para-hydroxylation sites is 3. The molecule has 8 heteroatoms. The van der Waals surface area contributed by atoms with Crippen molar-refractivity contribution >= 4 is 28.6 Å². The van der Waals surface area contributed by atoms with E-state index in [9.17, 15) is 9.59 Å². The minimum absolute atomic E-state index is 0.0903. The van der Waals surface area contributed by atoms with Gasteiger partial charge in [0.2, 0.25) is 5.91 Å². The van der Waals surface area contributed by atoms with Crippen LogP contribution in [0.15, 0.2) is 58.5 Å². The molecule has 0 saturated heterocycles. The van der Waals surface area contributed by atoms with Crippen molar-refractivity contribution in [2.75, 3.05) is 18.9 Å². The summed E-state index contributed by atoms with van der Waals surface area (Å²) < 4.78 is 13.1. The zero-order valence-corrected chi connectivity index (χ0v) is 16.8. The molecule has 1 atom stereocenters. The van der Waals surface area contributed by atoms with Gasteiger partial charge in [-0.25, -0.2) is 4.98 Å². The topological polar surface area (TPSA) is 82.5 Å². The average molecular weight is 411 g/mol. The molecule has 3 aromatic rings. The summed E-state index contributed by atoms with van der Waals surface area (Å²) in [6.45, 7) is 3.11. The number of hydrogen-bond donors (Lipinski definition) is 1. The Bertz CT molecular complexity index is 1100. The minimum Gasteiger partial charge on any atom is -0.486 e. The second-order valence-electron chi connectivity index (χ2n) is 6.55. The van der Waals surface area contributed by atoms with Crippen molar-refractivity contribution in [3.63, 3.8) is 0 Å². The number of amides is 1. The highest BCUT2D eigenvalue weighted by molar-refractivity contribution is 7.99. The van der Waals surface area contributed by atoms with Crippen LogP contribution in [0.2, 0.25) is 0 Å². The van der Waals surface area contributed by atoms with E-state index in [-0.39, 0.29) is 23.3 Å². The van der Waals surface area contributed by atoms with Gasteiger partial charge in [-0.2, -0.15) is 0 Å². The van der Waals surface area contributed by atoms with Gasteiger partial charge in [0.05, 0.1) is 23.2 Å². The van der Waals surface area contributed by atoms with Gasteiger partial charge in [-0.15, -0.1) is 0 Å². The Balaban J connectivity index is 1.36.